The van der Waals surface area contributed by atoms with Crippen molar-refractivity contribution in [3.8, 4) is 5.75 Å². The van der Waals surface area contributed by atoms with Crippen molar-refractivity contribution >= 4 is 10.9 Å². The smallest absolute Gasteiger partial charge is 0.146 e. The van der Waals surface area contributed by atoms with Crippen LogP contribution in [-0.2, 0) is 0 Å². The van der Waals surface area contributed by atoms with Crippen molar-refractivity contribution in [3.63, 3.8) is 0 Å². The van der Waals surface area contributed by atoms with Gasteiger partial charge in [0.1, 0.15) is 17.4 Å². The molecule has 2 aromatic rings. The number of hydrogen-bond acceptors (Lipinski definition) is 3. The van der Waals surface area contributed by atoms with E-state index in [1.54, 1.807) is 0 Å². The van der Waals surface area contributed by atoms with E-state index in [0.717, 1.165) is 41.9 Å². The van der Waals surface area contributed by atoms with Crippen molar-refractivity contribution in [3.05, 3.63) is 36.0 Å². The molecular weight excluding hydrogens is 236 g/mol. The third-order valence-electron chi connectivity index (χ3n) is 3.19. The molecule has 3 heteroatoms. The van der Waals surface area contributed by atoms with Gasteiger partial charge in [0.2, 0.25) is 0 Å². The molecule has 3 nitrogen and oxygen atoms in total. The number of nitrogens with zero attached hydrogens (tertiary/aromatic N) is 1. The number of aryl methyl sites for hydroxylation is 1. The number of fused-ring (bicyclic) bond motifs is 1. The molecular formula is C16H22N2O. The summed E-state index contributed by atoms with van der Waals surface area (Å²) in [7, 11) is 0. The van der Waals surface area contributed by atoms with Crippen molar-refractivity contribution < 1.29 is 4.74 Å². The molecule has 0 saturated heterocycles. The quantitative estimate of drug-likeness (QED) is 0.863. The fourth-order valence-corrected chi connectivity index (χ4v) is 2.07. The lowest BCUT2D eigenvalue weighted by Gasteiger charge is -2.18. The summed E-state index contributed by atoms with van der Waals surface area (Å²) >= 11 is 0. The Hall–Kier alpha value is -1.61. The predicted molar refractivity (Wildman–Crippen MR) is 79.7 cm³/mol. The number of rotatable bonds is 6. The van der Waals surface area contributed by atoms with Gasteiger partial charge in [0.15, 0.2) is 0 Å². The molecule has 0 saturated carbocycles. The van der Waals surface area contributed by atoms with Crippen molar-refractivity contribution in [2.45, 2.75) is 33.3 Å². The maximum atomic E-state index is 6.11. The maximum absolute atomic E-state index is 6.11. The predicted octanol–water partition coefficient (Wildman–Crippen LogP) is 3.31. The molecule has 0 bridgehead atoms. The number of nitrogens with one attached hydrogen (secondary N) is 1. The first-order valence-electron chi connectivity index (χ1n) is 6.98. The minimum atomic E-state index is 0.188. The molecule has 1 heterocycles. The SMILES string of the molecule is CCNCC(CC)Oc1cccc2ccc(C)nc12. The van der Waals surface area contributed by atoms with E-state index in [0.29, 0.717) is 0 Å². The summed E-state index contributed by atoms with van der Waals surface area (Å²) in [6.07, 6.45) is 1.17. The van der Waals surface area contributed by atoms with Crippen molar-refractivity contribution in [2.24, 2.45) is 0 Å². The number of likely N-dealkylation sites (N-methyl/N-ethyl adjacent to an activating group) is 1. The molecule has 1 unspecified atom stereocenters. The Morgan fingerprint density at radius 3 is 2.79 bits per heavy atom. The van der Waals surface area contributed by atoms with Crippen molar-refractivity contribution in [1.82, 2.24) is 10.3 Å². The van der Waals surface area contributed by atoms with Crippen LogP contribution in [0.3, 0.4) is 0 Å². The number of hydrogen-bond donors (Lipinski definition) is 1. The number of pyridine rings is 1. The van der Waals surface area contributed by atoms with Gasteiger partial charge in [-0.15, -0.1) is 0 Å². The van der Waals surface area contributed by atoms with Gasteiger partial charge in [-0.25, -0.2) is 4.98 Å². The van der Waals surface area contributed by atoms with E-state index in [4.69, 9.17) is 4.74 Å². The first-order valence-corrected chi connectivity index (χ1v) is 6.98. The summed E-state index contributed by atoms with van der Waals surface area (Å²) in [4.78, 5) is 4.60. The standard InChI is InChI=1S/C16H22N2O/c1-4-14(11-17-5-2)19-15-8-6-7-13-10-9-12(3)18-16(13)15/h6-10,14,17H,4-5,11H2,1-3H3. The second-order valence-electron chi connectivity index (χ2n) is 4.74. The lowest BCUT2D eigenvalue weighted by molar-refractivity contribution is 0.196. The third kappa shape index (κ3) is 3.44. The first kappa shape index (κ1) is 13.8. The molecule has 0 fully saturated rings. The number of para-hydroxylation sites is 1. The third-order valence-corrected chi connectivity index (χ3v) is 3.19. The lowest BCUT2D eigenvalue weighted by Crippen LogP contribution is -2.30. The van der Waals surface area contributed by atoms with Crippen LogP contribution in [0.15, 0.2) is 30.3 Å². The number of benzene rings is 1. The number of aromatic nitrogens is 1. The molecule has 2 rings (SSSR count). The molecule has 0 radical (unpaired) electrons. The van der Waals surface area contributed by atoms with Crippen LogP contribution in [-0.4, -0.2) is 24.2 Å². The second kappa shape index (κ2) is 6.53. The monoisotopic (exact) mass is 258 g/mol. The average Bonchev–Trinajstić information content (AvgIpc) is 2.43. The molecule has 1 atom stereocenters. The van der Waals surface area contributed by atoms with Gasteiger partial charge >= 0.3 is 0 Å². The largest absolute Gasteiger partial charge is 0.487 e. The molecule has 0 aliphatic heterocycles. The van der Waals surface area contributed by atoms with Gasteiger partial charge in [0.25, 0.3) is 0 Å². The van der Waals surface area contributed by atoms with Crippen LogP contribution in [0.25, 0.3) is 10.9 Å². The Balaban J connectivity index is 2.26. The molecule has 1 aromatic carbocycles. The highest BCUT2D eigenvalue weighted by atomic mass is 16.5. The van der Waals surface area contributed by atoms with E-state index >= 15 is 0 Å². The van der Waals surface area contributed by atoms with Gasteiger partial charge in [0.05, 0.1) is 0 Å². The van der Waals surface area contributed by atoms with Crippen LogP contribution in [0.4, 0.5) is 0 Å². The molecule has 0 aliphatic carbocycles. The highest BCUT2D eigenvalue weighted by Crippen LogP contribution is 2.25. The number of ether oxygens (including phenoxy) is 1. The van der Waals surface area contributed by atoms with Gasteiger partial charge < -0.3 is 10.1 Å². The fourth-order valence-electron chi connectivity index (χ4n) is 2.07. The van der Waals surface area contributed by atoms with E-state index in [1.807, 2.05) is 25.1 Å². The minimum Gasteiger partial charge on any atom is -0.487 e. The van der Waals surface area contributed by atoms with Crippen molar-refractivity contribution in [2.75, 3.05) is 13.1 Å². The zero-order valence-corrected chi connectivity index (χ0v) is 11.9. The summed E-state index contributed by atoms with van der Waals surface area (Å²) < 4.78 is 6.11. The van der Waals surface area contributed by atoms with Crippen LogP contribution in [0.2, 0.25) is 0 Å². The van der Waals surface area contributed by atoms with E-state index < -0.39 is 0 Å². The van der Waals surface area contributed by atoms with Crippen LogP contribution in [0.1, 0.15) is 26.0 Å². The van der Waals surface area contributed by atoms with E-state index in [1.165, 1.54) is 0 Å². The van der Waals surface area contributed by atoms with Gasteiger partial charge in [-0.05, 0) is 32.0 Å². The Kier molecular flexibility index (Phi) is 4.74. The van der Waals surface area contributed by atoms with Gasteiger partial charge in [-0.1, -0.05) is 32.0 Å². The van der Waals surface area contributed by atoms with Gasteiger partial charge in [-0.2, -0.15) is 0 Å². The molecule has 1 N–H and O–H groups in total. The zero-order chi connectivity index (χ0) is 13.7. The summed E-state index contributed by atoms with van der Waals surface area (Å²) in [5, 5.41) is 4.46. The molecule has 0 amide bonds. The summed E-state index contributed by atoms with van der Waals surface area (Å²) in [6, 6.07) is 10.2. The van der Waals surface area contributed by atoms with Crippen LogP contribution in [0, 0.1) is 6.92 Å². The van der Waals surface area contributed by atoms with Crippen molar-refractivity contribution in [1.29, 1.82) is 0 Å². The topological polar surface area (TPSA) is 34.1 Å². The van der Waals surface area contributed by atoms with E-state index in [9.17, 15) is 0 Å². The molecule has 1 aromatic heterocycles. The Labute approximate surface area is 115 Å². The maximum Gasteiger partial charge on any atom is 0.146 e. The lowest BCUT2D eigenvalue weighted by atomic mass is 10.2. The fraction of sp³-hybridized carbons (Fsp3) is 0.438. The van der Waals surface area contributed by atoms with Crippen LogP contribution < -0.4 is 10.1 Å². The van der Waals surface area contributed by atoms with E-state index in [-0.39, 0.29) is 6.10 Å². The van der Waals surface area contributed by atoms with Gasteiger partial charge in [0, 0.05) is 17.6 Å². The zero-order valence-electron chi connectivity index (χ0n) is 11.9. The Morgan fingerprint density at radius 2 is 2.05 bits per heavy atom. The summed E-state index contributed by atoms with van der Waals surface area (Å²) in [5.41, 5.74) is 1.97. The summed E-state index contributed by atoms with van der Waals surface area (Å²) in [5.74, 6) is 0.881. The Bertz CT molecular complexity index is 539. The molecule has 0 aliphatic rings. The molecule has 0 spiro atoms. The van der Waals surface area contributed by atoms with E-state index in [2.05, 4.69) is 36.3 Å². The van der Waals surface area contributed by atoms with Crippen LogP contribution in [0.5, 0.6) is 5.75 Å². The first-order chi connectivity index (χ1) is 9.24. The highest BCUT2D eigenvalue weighted by Gasteiger charge is 2.10. The van der Waals surface area contributed by atoms with Crippen LogP contribution >= 0.6 is 0 Å². The minimum absolute atomic E-state index is 0.188. The molecule has 102 valence electrons. The van der Waals surface area contributed by atoms with Gasteiger partial charge in [-0.3, -0.25) is 0 Å². The normalized spacial score (nSPS) is 12.6. The second-order valence-corrected chi connectivity index (χ2v) is 4.74. The highest BCUT2D eigenvalue weighted by molar-refractivity contribution is 5.84. The summed E-state index contributed by atoms with van der Waals surface area (Å²) in [6.45, 7) is 8.09. The molecule has 19 heavy (non-hydrogen) atoms. The Morgan fingerprint density at radius 1 is 1.21 bits per heavy atom. The average molecular weight is 258 g/mol.